The summed E-state index contributed by atoms with van der Waals surface area (Å²) in [5, 5.41) is 9.85. The monoisotopic (exact) mass is 295 g/mol. The standard InChI is InChI=1S/C17H29NO3/c1-3-5-6-9-16(19)11-10-15-14-17(20)18(15)12-7-8-13-21-4-2/h7-8,10-11,15-16,19H,3-6,9,12-14H2,1-2H3/b8-7-,11-10+. The van der Waals surface area contributed by atoms with Gasteiger partial charge in [0.1, 0.15) is 0 Å². The number of unbranched alkanes of at least 4 members (excludes halogenated alkanes) is 2. The molecular formula is C17H29NO3. The molecular weight excluding hydrogens is 266 g/mol. The van der Waals surface area contributed by atoms with Gasteiger partial charge < -0.3 is 14.7 Å². The number of hydrogen-bond donors (Lipinski definition) is 1. The molecule has 1 fully saturated rings. The lowest BCUT2D eigenvalue weighted by molar-refractivity contribution is -0.142. The largest absolute Gasteiger partial charge is 0.389 e. The van der Waals surface area contributed by atoms with Crippen LogP contribution in [-0.2, 0) is 9.53 Å². The molecule has 1 rings (SSSR count). The first-order valence-electron chi connectivity index (χ1n) is 8.07. The molecule has 1 aliphatic rings. The first-order valence-corrected chi connectivity index (χ1v) is 8.07. The fraction of sp³-hybridized carbons (Fsp3) is 0.706. The Labute approximate surface area is 128 Å². The Morgan fingerprint density at radius 2 is 2.19 bits per heavy atom. The molecule has 0 bridgehead atoms. The van der Waals surface area contributed by atoms with Crippen LogP contribution in [0.4, 0.5) is 0 Å². The van der Waals surface area contributed by atoms with Crippen LogP contribution in [0.5, 0.6) is 0 Å². The summed E-state index contributed by atoms with van der Waals surface area (Å²) >= 11 is 0. The van der Waals surface area contributed by atoms with Gasteiger partial charge in [0.05, 0.1) is 25.2 Å². The third-order valence-corrected chi connectivity index (χ3v) is 3.65. The van der Waals surface area contributed by atoms with Gasteiger partial charge in [0, 0.05) is 13.2 Å². The number of carbonyl (C=O) groups excluding carboxylic acids is 1. The SMILES string of the molecule is CCCCCC(O)/C=C/C1CC(=O)N1C/C=C\COCC. The fourth-order valence-corrected chi connectivity index (χ4v) is 2.29. The van der Waals surface area contributed by atoms with E-state index in [1.807, 2.05) is 36.1 Å². The first kappa shape index (κ1) is 17.9. The summed E-state index contributed by atoms with van der Waals surface area (Å²) in [6.45, 7) is 6.02. The molecule has 0 aromatic rings. The topological polar surface area (TPSA) is 49.8 Å². The number of ether oxygens (including phenoxy) is 1. The molecule has 1 N–H and O–H groups in total. The number of rotatable bonds is 11. The minimum absolute atomic E-state index is 0.134. The summed E-state index contributed by atoms with van der Waals surface area (Å²) in [6, 6.07) is 0.134. The van der Waals surface area contributed by atoms with Crippen LogP contribution >= 0.6 is 0 Å². The van der Waals surface area contributed by atoms with Crippen molar-refractivity contribution in [2.75, 3.05) is 19.8 Å². The van der Waals surface area contributed by atoms with E-state index < -0.39 is 0 Å². The average molecular weight is 295 g/mol. The number of likely N-dealkylation sites (tertiary alicyclic amines) is 1. The Balaban J connectivity index is 2.27. The van der Waals surface area contributed by atoms with Crippen molar-refractivity contribution < 1.29 is 14.6 Å². The molecule has 1 amide bonds. The zero-order chi connectivity index (χ0) is 15.5. The van der Waals surface area contributed by atoms with Gasteiger partial charge in [-0.1, -0.05) is 50.5 Å². The lowest BCUT2D eigenvalue weighted by Crippen LogP contribution is -2.51. The Morgan fingerprint density at radius 1 is 1.38 bits per heavy atom. The van der Waals surface area contributed by atoms with E-state index in [0.717, 1.165) is 25.7 Å². The van der Waals surface area contributed by atoms with Gasteiger partial charge in [0.25, 0.3) is 0 Å². The molecule has 0 aromatic carbocycles. The van der Waals surface area contributed by atoms with Crippen molar-refractivity contribution in [3.8, 4) is 0 Å². The summed E-state index contributed by atoms with van der Waals surface area (Å²) in [6.07, 6.45) is 12.0. The molecule has 0 spiro atoms. The molecule has 1 heterocycles. The van der Waals surface area contributed by atoms with E-state index in [9.17, 15) is 9.90 Å². The molecule has 1 aliphatic heterocycles. The molecule has 2 unspecified atom stereocenters. The summed E-state index contributed by atoms with van der Waals surface area (Å²) in [4.78, 5) is 13.4. The van der Waals surface area contributed by atoms with Gasteiger partial charge in [-0.25, -0.2) is 0 Å². The van der Waals surface area contributed by atoms with Crippen LogP contribution in [0.3, 0.4) is 0 Å². The average Bonchev–Trinajstić information content (AvgIpc) is 2.47. The van der Waals surface area contributed by atoms with Crippen molar-refractivity contribution in [3.63, 3.8) is 0 Å². The molecule has 21 heavy (non-hydrogen) atoms. The van der Waals surface area contributed by atoms with Gasteiger partial charge >= 0.3 is 0 Å². The maximum absolute atomic E-state index is 11.6. The molecule has 0 aliphatic carbocycles. The fourth-order valence-electron chi connectivity index (χ4n) is 2.29. The third-order valence-electron chi connectivity index (χ3n) is 3.65. The maximum Gasteiger partial charge on any atom is 0.225 e. The predicted molar refractivity (Wildman–Crippen MR) is 85.0 cm³/mol. The van der Waals surface area contributed by atoms with Crippen LogP contribution in [0.1, 0.15) is 46.0 Å². The van der Waals surface area contributed by atoms with Crippen molar-refractivity contribution in [1.82, 2.24) is 4.90 Å². The van der Waals surface area contributed by atoms with Gasteiger partial charge in [0.15, 0.2) is 0 Å². The molecule has 1 saturated heterocycles. The second-order valence-corrected chi connectivity index (χ2v) is 5.40. The summed E-state index contributed by atoms with van der Waals surface area (Å²) in [7, 11) is 0. The van der Waals surface area contributed by atoms with E-state index in [-0.39, 0.29) is 18.1 Å². The molecule has 0 aromatic heterocycles. The van der Waals surface area contributed by atoms with Crippen molar-refractivity contribution >= 4 is 5.91 Å². The Bertz CT molecular complexity index is 352. The second kappa shape index (κ2) is 10.6. The van der Waals surface area contributed by atoms with Crippen LogP contribution in [0.2, 0.25) is 0 Å². The molecule has 2 atom stereocenters. The van der Waals surface area contributed by atoms with Gasteiger partial charge in [0.2, 0.25) is 5.91 Å². The van der Waals surface area contributed by atoms with Crippen molar-refractivity contribution in [1.29, 1.82) is 0 Å². The van der Waals surface area contributed by atoms with E-state index in [1.165, 1.54) is 0 Å². The van der Waals surface area contributed by atoms with Gasteiger partial charge in [-0.15, -0.1) is 0 Å². The maximum atomic E-state index is 11.6. The minimum atomic E-state index is -0.386. The van der Waals surface area contributed by atoms with E-state index in [1.54, 1.807) is 0 Å². The minimum Gasteiger partial charge on any atom is -0.389 e. The summed E-state index contributed by atoms with van der Waals surface area (Å²) in [5.74, 6) is 0.172. The van der Waals surface area contributed by atoms with Gasteiger partial charge in [-0.05, 0) is 13.3 Å². The highest BCUT2D eigenvalue weighted by Gasteiger charge is 2.32. The highest BCUT2D eigenvalue weighted by molar-refractivity contribution is 5.84. The molecule has 4 nitrogen and oxygen atoms in total. The number of nitrogens with zero attached hydrogens (tertiary/aromatic N) is 1. The van der Waals surface area contributed by atoms with Gasteiger partial charge in [-0.3, -0.25) is 4.79 Å². The highest BCUT2D eigenvalue weighted by Crippen LogP contribution is 2.20. The molecule has 4 heteroatoms. The third kappa shape index (κ3) is 6.91. The Hall–Kier alpha value is -1.13. The van der Waals surface area contributed by atoms with E-state index >= 15 is 0 Å². The molecule has 120 valence electrons. The first-order chi connectivity index (χ1) is 10.2. The summed E-state index contributed by atoms with van der Waals surface area (Å²) in [5.41, 5.74) is 0. The molecule has 0 saturated carbocycles. The number of carbonyl (C=O) groups is 1. The summed E-state index contributed by atoms with van der Waals surface area (Å²) < 4.78 is 5.21. The van der Waals surface area contributed by atoms with Crippen LogP contribution < -0.4 is 0 Å². The number of β-lactam (4-membered cyclic amide) rings is 1. The lowest BCUT2D eigenvalue weighted by atomic mass is 10.00. The Morgan fingerprint density at radius 3 is 2.86 bits per heavy atom. The normalized spacial score (nSPS) is 20.4. The van der Waals surface area contributed by atoms with Crippen molar-refractivity contribution in [3.05, 3.63) is 24.3 Å². The number of amides is 1. The smallest absolute Gasteiger partial charge is 0.225 e. The Kier molecular flexibility index (Phi) is 9.02. The quantitative estimate of drug-likeness (QED) is 0.362. The van der Waals surface area contributed by atoms with E-state index in [0.29, 0.717) is 26.2 Å². The molecule has 0 radical (unpaired) electrons. The van der Waals surface area contributed by atoms with Crippen molar-refractivity contribution in [2.45, 2.75) is 58.1 Å². The zero-order valence-electron chi connectivity index (χ0n) is 13.3. The van der Waals surface area contributed by atoms with Crippen molar-refractivity contribution in [2.24, 2.45) is 0 Å². The second-order valence-electron chi connectivity index (χ2n) is 5.40. The van der Waals surface area contributed by atoms with E-state index in [2.05, 4.69) is 6.92 Å². The number of aliphatic hydroxyl groups excluding tert-OH is 1. The number of hydrogen-bond acceptors (Lipinski definition) is 3. The predicted octanol–water partition coefficient (Wildman–Crippen LogP) is 2.68. The lowest BCUT2D eigenvalue weighted by Gasteiger charge is -2.38. The van der Waals surface area contributed by atoms with Gasteiger partial charge in [-0.2, -0.15) is 0 Å². The van der Waals surface area contributed by atoms with Crippen LogP contribution in [0, 0.1) is 0 Å². The van der Waals surface area contributed by atoms with Crippen LogP contribution in [-0.4, -0.2) is 47.8 Å². The van der Waals surface area contributed by atoms with Crippen LogP contribution in [0.15, 0.2) is 24.3 Å². The van der Waals surface area contributed by atoms with E-state index in [4.69, 9.17) is 4.74 Å². The number of aliphatic hydroxyl groups is 1. The highest BCUT2D eigenvalue weighted by atomic mass is 16.5. The zero-order valence-corrected chi connectivity index (χ0v) is 13.3. The van der Waals surface area contributed by atoms with Crippen LogP contribution in [0.25, 0.3) is 0 Å².